The molecule has 0 unspecified atom stereocenters. The van der Waals surface area contributed by atoms with Crippen LogP contribution in [-0.2, 0) is 20.7 Å². The molecular formula is C22H36ClN3O6. The van der Waals surface area contributed by atoms with Gasteiger partial charge in [-0.2, -0.15) is 0 Å². The lowest BCUT2D eigenvalue weighted by Gasteiger charge is -2.27. The molecule has 1 fully saturated rings. The number of carbonyl (C=O) groups is 2. The maximum atomic E-state index is 11.9. The molecule has 1 atom stereocenters. The van der Waals surface area contributed by atoms with Crippen LogP contribution in [0.5, 0.6) is 5.75 Å². The smallest absolute Gasteiger partial charge is 0.317 e. The zero-order valence-corrected chi connectivity index (χ0v) is 19.7. The SMILES string of the molecule is CC(C)OC(=O)CCc1ccc(OC[C@@H](O)CNCCNC(=O)N2CCOCC2)cc1.Cl. The van der Waals surface area contributed by atoms with Gasteiger partial charge in [-0.1, -0.05) is 12.1 Å². The first kappa shape index (κ1) is 28.0. The fraction of sp³-hybridized carbons (Fsp3) is 0.636. The molecule has 3 N–H and O–H groups in total. The molecule has 0 saturated carbocycles. The minimum atomic E-state index is -0.666. The third-order valence-corrected chi connectivity index (χ3v) is 4.61. The maximum Gasteiger partial charge on any atom is 0.317 e. The molecule has 2 rings (SSSR count). The van der Waals surface area contributed by atoms with Crippen LogP contribution in [0.1, 0.15) is 25.8 Å². The van der Waals surface area contributed by atoms with Crippen molar-refractivity contribution >= 4 is 24.4 Å². The van der Waals surface area contributed by atoms with E-state index in [1.807, 2.05) is 38.1 Å². The van der Waals surface area contributed by atoms with Crippen molar-refractivity contribution in [3.8, 4) is 5.75 Å². The second-order valence-corrected chi connectivity index (χ2v) is 7.68. The van der Waals surface area contributed by atoms with Gasteiger partial charge >= 0.3 is 12.0 Å². The van der Waals surface area contributed by atoms with Gasteiger partial charge in [-0.15, -0.1) is 12.4 Å². The average Bonchev–Trinajstić information content (AvgIpc) is 2.76. The van der Waals surface area contributed by atoms with E-state index >= 15 is 0 Å². The van der Waals surface area contributed by atoms with E-state index in [0.717, 1.165) is 5.56 Å². The van der Waals surface area contributed by atoms with Gasteiger partial charge in [0, 0.05) is 39.1 Å². The van der Waals surface area contributed by atoms with Crippen LogP contribution < -0.4 is 15.4 Å². The van der Waals surface area contributed by atoms with Crippen LogP contribution in [0.3, 0.4) is 0 Å². The van der Waals surface area contributed by atoms with Crippen molar-refractivity contribution in [1.82, 2.24) is 15.5 Å². The van der Waals surface area contributed by atoms with E-state index in [1.54, 1.807) is 4.90 Å². The Bertz CT molecular complexity index is 668. The minimum Gasteiger partial charge on any atom is -0.491 e. The standard InChI is InChI=1S/C22H35N3O6.ClH/c1-17(2)31-21(27)8-5-18-3-6-20(7-4-18)30-16-19(26)15-23-9-10-24-22(28)25-11-13-29-14-12-25;/h3-4,6-7,17,19,23,26H,5,8-16H2,1-2H3,(H,24,28);1H/t19-;/m0./s1. The molecule has 1 aliphatic rings. The maximum absolute atomic E-state index is 11.9. The summed E-state index contributed by atoms with van der Waals surface area (Å²) in [7, 11) is 0. The number of aliphatic hydroxyl groups is 1. The number of esters is 1. The van der Waals surface area contributed by atoms with Crippen molar-refractivity contribution in [3.05, 3.63) is 29.8 Å². The van der Waals surface area contributed by atoms with Crippen LogP contribution in [0.15, 0.2) is 24.3 Å². The van der Waals surface area contributed by atoms with Gasteiger partial charge in [0.25, 0.3) is 0 Å². The van der Waals surface area contributed by atoms with Crippen molar-refractivity contribution < 1.29 is 28.9 Å². The molecule has 1 heterocycles. The second-order valence-electron chi connectivity index (χ2n) is 7.68. The number of rotatable bonds is 12. The summed E-state index contributed by atoms with van der Waals surface area (Å²) in [5.41, 5.74) is 1.02. The molecule has 0 aromatic heterocycles. The van der Waals surface area contributed by atoms with Gasteiger partial charge in [0.1, 0.15) is 18.5 Å². The van der Waals surface area contributed by atoms with E-state index in [-0.39, 0.29) is 37.1 Å². The van der Waals surface area contributed by atoms with E-state index < -0.39 is 6.10 Å². The quantitative estimate of drug-likeness (QED) is 0.310. The zero-order chi connectivity index (χ0) is 22.5. The number of hydrogen-bond donors (Lipinski definition) is 3. The summed E-state index contributed by atoms with van der Waals surface area (Å²) in [5, 5.41) is 16.0. The van der Waals surface area contributed by atoms with Crippen molar-refractivity contribution in [2.24, 2.45) is 0 Å². The predicted molar refractivity (Wildman–Crippen MR) is 123 cm³/mol. The van der Waals surface area contributed by atoms with Gasteiger partial charge in [0.05, 0.1) is 19.3 Å². The Labute approximate surface area is 196 Å². The lowest BCUT2D eigenvalue weighted by molar-refractivity contribution is -0.147. The highest BCUT2D eigenvalue weighted by Crippen LogP contribution is 2.14. The normalized spacial score (nSPS) is 14.4. The molecule has 1 aromatic carbocycles. The number of benzene rings is 1. The van der Waals surface area contributed by atoms with E-state index in [2.05, 4.69) is 10.6 Å². The Balaban J connectivity index is 0.00000512. The van der Waals surface area contributed by atoms with E-state index in [4.69, 9.17) is 14.2 Å². The number of nitrogens with one attached hydrogen (secondary N) is 2. The third kappa shape index (κ3) is 11.5. The van der Waals surface area contributed by atoms with Gasteiger partial charge in [0.2, 0.25) is 0 Å². The zero-order valence-electron chi connectivity index (χ0n) is 18.9. The summed E-state index contributed by atoms with van der Waals surface area (Å²) in [5.74, 6) is 0.456. The first-order valence-electron chi connectivity index (χ1n) is 10.8. The van der Waals surface area contributed by atoms with Gasteiger partial charge in [-0.25, -0.2) is 4.79 Å². The van der Waals surface area contributed by atoms with Gasteiger partial charge in [-0.05, 0) is 38.0 Å². The molecule has 10 heteroatoms. The van der Waals surface area contributed by atoms with Crippen LogP contribution in [0.25, 0.3) is 0 Å². The van der Waals surface area contributed by atoms with E-state index in [9.17, 15) is 14.7 Å². The number of halogens is 1. The average molecular weight is 474 g/mol. The highest BCUT2D eigenvalue weighted by atomic mass is 35.5. The fourth-order valence-corrected chi connectivity index (χ4v) is 2.98. The molecule has 0 spiro atoms. The first-order valence-corrected chi connectivity index (χ1v) is 10.8. The molecule has 2 amide bonds. The van der Waals surface area contributed by atoms with Crippen molar-refractivity contribution in [2.45, 2.75) is 38.9 Å². The van der Waals surface area contributed by atoms with Gasteiger partial charge in [0.15, 0.2) is 0 Å². The number of morpholine rings is 1. The molecule has 0 bridgehead atoms. The molecule has 1 saturated heterocycles. The topological polar surface area (TPSA) is 109 Å². The van der Waals surface area contributed by atoms with Crippen LogP contribution in [-0.4, -0.2) is 86.8 Å². The van der Waals surface area contributed by atoms with Crippen LogP contribution in [0.4, 0.5) is 4.79 Å². The summed E-state index contributed by atoms with van der Waals surface area (Å²) in [6, 6.07) is 7.36. The van der Waals surface area contributed by atoms with Gasteiger partial charge in [-0.3, -0.25) is 4.79 Å². The summed E-state index contributed by atoms with van der Waals surface area (Å²) >= 11 is 0. The van der Waals surface area contributed by atoms with Gasteiger partial charge < -0.3 is 34.9 Å². The lowest BCUT2D eigenvalue weighted by Crippen LogP contribution is -2.47. The van der Waals surface area contributed by atoms with Crippen LogP contribution >= 0.6 is 12.4 Å². The molecule has 182 valence electrons. The Morgan fingerprint density at radius 2 is 1.84 bits per heavy atom. The molecule has 0 radical (unpaired) electrons. The summed E-state index contributed by atoms with van der Waals surface area (Å²) < 4.78 is 15.9. The van der Waals surface area contributed by atoms with Crippen molar-refractivity contribution in [3.63, 3.8) is 0 Å². The number of urea groups is 1. The number of carbonyl (C=O) groups excluding carboxylic acids is 2. The number of amides is 2. The minimum absolute atomic E-state index is 0. The second kappa shape index (κ2) is 15.7. The van der Waals surface area contributed by atoms with E-state index in [1.165, 1.54) is 0 Å². The predicted octanol–water partition coefficient (Wildman–Crippen LogP) is 1.36. The first-order chi connectivity index (χ1) is 14.9. The Morgan fingerprint density at radius 3 is 2.50 bits per heavy atom. The van der Waals surface area contributed by atoms with Crippen LogP contribution in [0.2, 0.25) is 0 Å². The number of aliphatic hydroxyl groups excluding tert-OH is 1. The molecule has 9 nitrogen and oxygen atoms in total. The molecule has 1 aliphatic heterocycles. The van der Waals surface area contributed by atoms with E-state index in [0.29, 0.717) is 64.5 Å². The number of nitrogens with zero attached hydrogens (tertiary/aromatic N) is 1. The molecule has 0 aliphatic carbocycles. The summed E-state index contributed by atoms with van der Waals surface area (Å²) in [6.07, 6.45) is 0.189. The number of ether oxygens (including phenoxy) is 3. The highest BCUT2D eigenvalue weighted by molar-refractivity contribution is 5.85. The highest BCUT2D eigenvalue weighted by Gasteiger charge is 2.15. The van der Waals surface area contributed by atoms with Crippen molar-refractivity contribution in [2.75, 3.05) is 52.5 Å². The lowest BCUT2D eigenvalue weighted by atomic mass is 10.1. The van der Waals surface area contributed by atoms with Crippen LogP contribution in [0, 0.1) is 0 Å². The third-order valence-electron chi connectivity index (χ3n) is 4.61. The Morgan fingerprint density at radius 1 is 1.16 bits per heavy atom. The Kier molecular flexibility index (Phi) is 13.7. The largest absolute Gasteiger partial charge is 0.491 e. The molecular weight excluding hydrogens is 438 g/mol. The summed E-state index contributed by atoms with van der Waals surface area (Å²) in [4.78, 5) is 25.3. The fourth-order valence-electron chi connectivity index (χ4n) is 2.98. The number of hydrogen-bond acceptors (Lipinski definition) is 7. The summed E-state index contributed by atoms with van der Waals surface area (Å²) in [6.45, 7) is 7.60. The molecule has 1 aromatic rings. The van der Waals surface area contributed by atoms with Crippen molar-refractivity contribution in [1.29, 1.82) is 0 Å². The molecule has 32 heavy (non-hydrogen) atoms. The monoisotopic (exact) mass is 473 g/mol. The number of aryl methyl sites for hydroxylation is 1. The Hall–Kier alpha value is -2.07.